The third-order valence-electron chi connectivity index (χ3n) is 2.73. The number of carbonyl (C=O) groups excluding carboxylic acids is 1. The van der Waals surface area contributed by atoms with Crippen LogP contribution in [0.2, 0.25) is 0 Å². The summed E-state index contributed by atoms with van der Waals surface area (Å²) in [5.74, 6) is 0.860. The lowest BCUT2D eigenvalue weighted by Crippen LogP contribution is -2.33. The average Bonchev–Trinajstić information content (AvgIpc) is 2.83. The summed E-state index contributed by atoms with van der Waals surface area (Å²) >= 11 is 0. The standard InChI is InChI=1S/C13H17NO3/c1-3-4-10(14-2)13(15)9-5-6-11-12(7-9)17-8-16-11/h5-7,10,14H,3-4,8H2,1-2H3/i2D3. The highest BCUT2D eigenvalue weighted by Gasteiger charge is 2.20. The number of rotatable bonds is 5. The summed E-state index contributed by atoms with van der Waals surface area (Å²) in [5.41, 5.74) is 0.421. The molecule has 1 aliphatic heterocycles. The molecule has 0 aliphatic carbocycles. The number of carbonyl (C=O) groups is 1. The number of likely N-dealkylation sites (N-methyl/N-ethyl adjacent to an activating group) is 1. The van der Waals surface area contributed by atoms with Crippen molar-refractivity contribution in [3.05, 3.63) is 23.8 Å². The number of nitrogens with one attached hydrogen (secondary N) is 1. The molecule has 17 heavy (non-hydrogen) atoms. The van der Waals surface area contributed by atoms with Gasteiger partial charge >= 0.3 is 0 Å². The maximum atomic E-state index is 12.4. The first-order chi connectivity index (χ1) is 9.40. The number of Topliss-reactive ketones (excluding diaryl/α,β-unsaturated/α-hetero) is 1. The van der Waals surface area contributed by atoms with Crippen molar-refractivity contribution in [1.82, 2.24) is 5.32 Å². The third-order valence-corrected chi connectivity index (χ3v) is 2.73. The second kappa shape index (κ2) is 5.19. The zero-order chi connectivity index (χ0) is 14.8. The molecule has 0 radical (unpaired) electrons. The van der Waals surface area contributed by atoms with Crippen LogP contribution in [-0.4, -0.2) is 25.6 Å². The molecule has 0 spiro atoms. The molecule has 1 aromatic carbocycles. The Bertz CT molecular complexity index is 502. The zero-order valence-electron chi connectivity index (χ0n) is 12.7. The minimum atomic E-state index is -2.34. The van der Waals surface area contributed by atoms with Crippen LogP contribution < -0.4 is 14.8 Å². The fraction of sp³-hybridized carbons (Fsp3) is 0.462. The zero-order valence-corrected chi connectivity index (χ0v) is 9.66. The molecule has 4 nitrogen and oxygen atoms in total. The quantitative estimate of drug-likeness (QED) is 0.797. The summed E-state index contributed by atoms with van der Waals surface area (Å²) in [4.78, 5) is 12.4. The first-order valence-electron chi connectivity index (χ1n) is 7.12. The van der Waals surface area contributed by atoms with E-state index < -0.39 is 13.0 Å². The van der Waals surface area contributed by atoms with E-state index in [0.29, 0.717) is 29.9 Å². The van der Waals surface area contributed by atoms with Crippen LogP contribution in [0.15, 0.2) is 18.2 Å². The van der Waals surface area contributed by atoms with E-state index in [2.05, 4.69) is 5.32 Å². The molecule has 1 aliphatic rings. The number of hydrogen-bond donors (Lipinski definition) is 1. The highest BCUT2D eigenvalue weighted by molar-refractivity contribution is 6.00. The monoisotopic (exact) mass is 238 g/mol. The van der Waals surface area contributed by atoms with Crippen LogP contribution >= 0.6 is 0 Å². The van der Waals surface area contributed by atoms with Crippen molar-refractivity contribution in [1.29, 1.82) is 0 Å². The van der Waals surface area contributed by atoms with Crippen LogP contribution in [0, 0.1) is 0 Å². The van der Waals surface area contributed by atoms with Crippen molar-refractivity contribution in [3.8, 4) is 11.5 Å². The molecule has 2 rings (SSSR count). The lowest BCUT2D eigenvalue weighted by molar-refractivity contribution is 0.0941. The number of ketones is 1. The van der Waals surface area contributed by atoms with Gasteiger partial charge in [-0.25, -0.2) is 0 Å². The Morgan fingerprint density at radius 2 is 2.35 bits per heavy atom. The van der Waals surface area contributed by atoms with Gasteiger partial charge in [0.05, 0.1) is 6.04 Å². The van der Waals surface area contributed by atoms with E-state index in [1.54, 1.807) is 18.2 Å². The smallest absolute Gasteiger partial charge is 0.231 e. The van der Waals surface area contributed by atoms with Gasteiger partial charge in [-0.3, -0.25) is 4.79 Å². The van der Waals surface area contributed by atoms with Crippen molar-refractivity contribution in [2.45, 2.75) is 25.8 Å². The van der Waals surface area contributed by atoms with Crippen molar-refractivity contribution >= 4 is 5.78 Å². The molecule has 1 unspecified atom stereocenters. The van der Waals surface area contributed by atoms with Crippen LogP contribution in [0.4, 0.5) is 0 Å². The molecular formula is C13H17NO3. The molecule has 0 bridgehead atoms. The molecule has 1 N–H and O–H groups in total. The summed E-state index contributed by atoms with van der Waals surface area (Å²) in [6.07, 6.45) is 1.18. The van der Waals surface area contributed by atoms with Gasteiger partial charge in [0, 0.05) is 9.68 Å². The summed E-state index contributed by atoms with van der Waals surface area (Å²) < 4.78 is 32.1. The van der Waals surface area contributed by atoms with Crippen LogP contribution in [0.3, 0.4) is 0 Å². The molecule has 4 heteroatoms. The van der Waals surface area contributed by atoms with Gasteiger partial charge in [-0.2, -0.15) is 0 Å². The topological polar surface area (TPSA) is 47.6 Å². The molecule has 0 saturated heterocycles. The molecule has 0 saturated carbocycles. The van der Waals surface area contributed by atoms with E-state index in [1.807, 2.05) is 6.92 Å². The van der Waals surface area contributed by atoms with Crippen molar-refractivity contribution in [3.63, 3.8) is 0 Å². The summed E-state index contributed by atoms with van der Waals surface area (Å²) in [7, 11) is 0. The summed E-state index contributed by atoms with van der Waals surface area (Å²) in [6, 6.07) is 4.15. The fourth-order valence-electron chi connectivity index (χ4n) is 1.81. The number of ether oxygens (including phenoxy) is 2. The molecule has 1 atom stereocenters. The predicted octanol–water partition coefficient (Wildman–Crippen LogP) is 1.99. The predicted molar refractivity (Wildman–Crippen MR) is 64.7 cm³/mol. The lowest BCUT2D eigenvalue weighted by atomic mass is 10.0. The summed E-state index contributed by atoms with van der Waals surface area (Å²) in [6.45, 7) is -0.300. The van der Waals surface area contributed by atoms with Gasteiger partial charge in [-0.1, -0.05) is 13.3 Å². The van der Waals surface area contributed by atoms with Crippen LogP contribution in [0.1, 0.15) is 34.2 Å². The Hall–Kier alpha value is -1.55. The normalized spacial score (nSPS) is 18.1. The molecule has 1 aromatic rings. The van der Waals surface area contributed by atoms with Gasteiger partial charge in [0.15, 0.2) is 17.3 Å². The van der Waals surface area contributed by atoms with Crippen LogP contribution in [0.5, 0.6) is 11.5 Å². The van der Waals surface area contributed by atoms with Crippen LogP contribution in [0.25, 0.3) is 0 Å². The molecule has 0 fully saturated rings. The summed E-state index contributed by atoms with van der Waals surface area (Å²) in [5, 5.41) is 2.40. The average molecular weight is 238 g/mol. The Kier molecular flexibility index (Phi) is 2.60. The SMILES string of the molecule is [2H]C([2H])([2H])NC(CCC)C(=O)c1ccc2c(c1)OCO2. The van der Waals surface area contributed by atoms with Gasteiger partial charge in [-0.15, -0.1) is 0 Å². The highest BCUT2D eigenvalue weighted by Crippen LogP contribution is 2.32. The van der Waals surface area contributed by atoms with Gasteiger partial charge < -0.3 is 14.8 Å². The Morgan fingerprint density at radius 1 is 1.53 bits per heavy atom. The highest BCUT2D eigenvalue weighted by atomic mass is 16.7. The number of benzene rings is 1. The van der Waals surface area contributed by atoms with E-state index in [9.17, 15) is 4.79 Å². The van der Waals surface area contributed by atoms with Crippen molar-refractivity contribution < 1.29 is 18.4 Å². The van der Waals surface area contributed by atoms with E-state index in [4.69, 9.17) is 13.6 Å². The largest absolute Gasteiger partial charge is 0.454 e. The van der Waals surface area contributed by atoms with E-state index >= 15 is 0 Å². The first-order valence-corrected chi connectivity index (χ1v) is 5.62. The lowest BCUT2D eigenvalue weighted by Gasteiger charge is -2.14. The third kappa shape index (κ3) is 2.42. The van der Waals surface area contributed by atoms with Gasteiger partial charge in [0.2, 0.25) is 6.79 Å². The molecule has 0 amide bonds. The van der Waals surface area contributed by atoms with Gasteiger partial charge in [0.25, 0.3) is 0 Å². The molecule has 1 heterocycles. The Balaban J connectivity index is 2.18. The van der Waals surface area contributed by atoms with E-state index in [1.165, 1.54) is 0 Å². The maximum Gasteiger partial charge on any atom is 0.231 e. The molecular weight excluding hydrogens is 218 g/mol. The second-order valence-corrected chi connectivity index (χ2v) is 3.92. The fourth-order valence-corrected chi connectivity index (χ4v) is 1.81. The number of hydrogen-bond acceptors (Lipinski definition) is 4. The number of fused-ring (bicyclic) bond motifs is 1. The van der Waals surface area contributed by atoms with E-state index in [-0.39, 0.29) is 12.6 Å². The van der Waals surface area contributed by atoms with E-state index in [0.717, 1.165) is 0 Å². The van der Waals surface area contributed by atoms with Crippen molar-refractivity contribution in [2.75, 3.05) is 13.8 Å². The molecule has 0 aromatic heterocycles. The van der Waals surface area contributed by atoms with Gasteiger partial charge in [0.1, 0.15) is 0 Å². The van der Waals surface area contributed by atoms with Crippen molar-refractivity contribution in [2.24, 2.45) is 0 Å². The minimum absolute atomic E-state index is 0.138. The van der Waals surface area contributed by atoms with Crippen LogP contribution in [-0.2, 0) is 0 Å². The first kappa shape index (κ1) is 8.53. The second-order valence-electron chi connectivity index (χ2n) is 3.92. The Morgan fingerprint density at radius 3 is 3.12 bits per heavy atom. The Labute approximate surface area is 105 Å². The van der Waals surface area contributed by atoms with Gasteiger partial charge in [-0.05, 0) is 31.6 Å². The minimum Gasteiger partial charge on any atom is -0.454 e. The maximum absolute atomic E-state index is 12.4. The molecule has 92 valence electrons.